The second-order valence-electron chi connectivity index (χ2n) is 5.28. The molecule has 0 spiro atoms. The molecule has 0 aliphatic rings. The van der Waals surface area contributed by atoms with Gasteiger partial charge in [-0.05, 0) is 39.3 Å². The van der Waals surface area contributed by atoms with Gasteiger partial charge in [0.25, 0.3) is 0 Å². The number of guanidine groups is 1. The zero-order valence-electron chi connectivity index (χ0n) is 12.9. The normalized spacial score (nSPS) is 11.6. The molecule has 1 rings (SSSR count). The molecule has 0 radical (unpaired) electrons. The molecule has 1 aromatic rings. The van der Waals surface area contributed by atoms with E-state index >= 15 is 0 Å². The summed E-state index contributed by atoms with van der Waals surface area (Å²) >= 11 is 0. The van der Waals surface area contributed by atoms with Crippen molar-refractivity contribution in [2.45, 2.75) is 39.8 Å². The van der Waals surface area contributed by atoms with Gasteiger partial charge in [-0.2, -0.15) is 0 Å². The van der Waals surface area contributed by atoms with Crippen LogP contribution in [0.15, 0.2) is 23.3 Å². The number of pyridine rings is 1. The third-order valence-corrected chi connectivity index (χ3v) is 2.27. The van der Waals surface area contributed by atoms with Crippen molar-refractivity contribution in [3.05, 3.63) is 23.9 Å². The van der Waals surface area contributed by atoms with Crippen LogP contribution >= 0.6 is 24.0 Å². The van der Waals surface area contributed by atoms with Crippen molar-refractivity contribution in [3.63, 3.8) is 0 Å². The van der Waals surface area contributed by atoms with E-state index in [4.69, 9.17) is 4.74 Å². The van der Waals surface area contributed by atoms with E-state index < -0.39 is 0 Å². The maximum atomic E-state index is 5.10. The van der Waals surface area contributed by atoms with Gasteiger partial charge < -0.3 is 15.4 Å². The van der Waals surface area contributed by atoms with E-state index in [2.05, 4.69) is 48.3 Å². The molecule has 1 aromatic heterocycles. The Bertz CT molecular complexity index is 429. The van der Waals surface area contributed by atoms with Gasteiger partial charge in [-0.25, -0.2) is 9.98 Å². The van der Waals surface area contributed by atoms with Crippen LogP contribution in [0.1, 0.15) is 33.3 Å². The minimum atomic E-state index is -0.0169. The summed E-state index contributed by atoms with van der Waals surface area (Å²) < 4.78 is 5.10. The molecular weight excluding hydrogens is 367 g/mol. The fraction of sp³-hybridized carbons (Fsp3) is 0.571. The number of aromatic nitrogens is 1. The van der Waals surface area contributed by atoms with Crippen LogP contribution in [0.3, 0.4) is 0 Å². The first-order valence-electron chi connectivity index (χ1n) is 6.50. The van der Waals surface area contributed by atoms with E-state index in [1.807, 2.05) is 12.1 Å². The Balaban J connectivity index is 0.00000361. The molecule has 0 atom stereocenters. The average molecular weight is 392 g/mol. The van der Waals surface area contributed by atoms with Crippen molar-refractivity contribution >= 4 is 29.9 Å². The average Bonchev–Trinajstić information content (AvgIpc) is 2.35. The van der Waals surface area contributed by atoms with Gasteiger partial charge in [0.1, 0.15) is 0 Å². The lowest BCUT2D eigenvalue weighted by molar-refractivity contribution is 0.397. The van der Waals surface area contributed by atoms with Crippen molar-refractivity contribution in [2.75, 3.05) is 13.7 Å². The molecule has 0 saturated carbocycles. The smallest absolute Gasteiger partial charge is 0.213 e. The number of hydrogen-bond acceptors (Lipinski definition) is 3. The van der Waals surface area contributed by atoms with E-state index in [9.17, 15) is 0 Å². The highest BCUT2D eigenvalue weighted by molar-refractivity contribution is 14.0. The van der Waals surface area contributed by atoms with Crippen molar-refractivity contribution in [3.8, 4) is 5.88 Å². The van der Waals surface area contributed by atoms with Crippen LogP contribution < -0.4 is 15.4 Å². The zero-order valence-corrected chi connectivity index (χ0v) is 15.2. The van der Waals surface area contributed by atoms with Crippen molar-refractivity contribution in [2.24, 2.45) is 4.99 Å². The highest BCUT2D eigenvalue weighted by Gasteiger charge is 2.11. The largest absolute Gasteiger partial charge is 0.481 e. The lowest BCUT2D eigenvalue weighted by Gasteiger charge is -2.23. The third kappa shape index (κ3) is 7.52. The third-order valence-electron chi connectivity index (χ3n) is 2.27. The number of halogens is 1. The first-order chi connectivity index (χ1) is 8.94. The van der Waals surface area contributed by atoms with Crippen LogP contribution in [0, 0.1) is 0 Å². The lowest BCUT2D eigenvalue weighted by atomic mass is 10.1. The fourth-order valence-corrected chi connectivity index (χ4v) is 1.49. The quantitative estimate of drug-likeness (QED) is 0.470. The van der Waals surface area contributed by atoms with Gasteiger partial charge in [-0.3, -0.25) is 0 Å². The molecule has 0 unspecified atom stereocenters. The first kappa shape index (κ1) is 18.9. The van der Waals surface area contributed by atoms with Gasteiger partial charge in [0.05, 0.1) is 13.7 Å². The number of aliphatic imine (C=N–C) groups is 1. The van der Waals surface area contributed by atoms with Crippen LogP contribution in [0.5, 0.6) is 5.88 Å². The van der Waals surface area contributed by atoms with E-state index in [0.29, 0.717) is 12.4 Å². The lowest BCUT2D eigenvalue weighted by Crippen LogP contribution is -2.47. The molecule has 1 heterocycles. The van der Waals surface area contributed by atoms with Crippen LogP contribution in [0.4, 0.5) is 0 Å². The molecule has 5 nitrogen and oxygen atoms in total. The number of ether oxygens (including phenoxy) is 1. The summed E-state index contributed by atoms with van der Waals surface area (Å²) in [7, 11) is 1.61. The van der Waals surface area contributed by atoms with Gasteiger partial charge in [-0.15, -0.1) is 24.0 Å². The molecule has 2 N–H and O–H groups in total. The summed E-state index contributed by atoms with van der Waals surface area (Å²) in [5, 5.41) is 6.58. The number of hydrogen-bond donors (Lipinski definition) is 2. The SMILES string of the molecule is CCNC(=NCc1ccnc(OC)c1)NC(C)(C)C.I. The molecular formula is C14H25IN4O. The molecule has 6 heteroatoms. The van der Waals surface area contributed by atoms with Crippen LogP contribution in [0.2, 0.25) is 0 Å². The summed E-state index contributed by atoms with van der Waals surface area (Å²) in [5.74, 6) is 1.42. The van der Waals surface area contributed by atoms with Gasteiger partial charge in [0, 0.05) is 24.3 Å². The molecule has 0 amide bonds. The second-order valence-corrected chi connectivity index (χ2v) is 5.28. The highest BCUT2D eigenvalue weighted by atomic mass is 127. The maximum Gasteiger partial charge on any atom is 0.213 e. The van der Waals surface area contributed by atoms with E-state index in [1.165, 1.54) is 0 Å². The van der Waals surface area contributed by atoms with E-state index in [1.54, 1.807) is 13.3 Å². The van der Waals surface area contributed by atoms with Gasteiger partial charge in [0.15, 0.2) is 5.96 Å². The van der Waals surface area contributed by atoms with E-state index in [-0.39, 0.29) is 29.5 Å². The molecule has 0 aromatic carbocycles. The molecule has 0 saturated heterocycles. The van der Waals surface area contributed by atoms with E-state index in [0.717, 1.165) is 18.1 Å². The molecule has 0 aliphatic heterocycles. The number of methoxy groups -OCH3 is 1. The highest BCUT2D eigenvalue weighted by Crippen LogP contribution is 2.09. The Hall–Kier alpha value is -1.05. The van der Waals surface area contributed by atoms with Crippen molar-refractivity contribution in [1.29, 1.82) is 0 Å². The summed E-state index contributed by atoms with van der Waals surface area (Å²) in [4.78, 5) is 8.63. The number of rotatable bonds is 4. The standard InChI is InChI=1S/C14H24N4O.HI/c1-6-15-13(18-14(2,3)4)17-10-11-7-8-16-12(9-11)19-5;/h7-9H,6,10H2,1-5H3,(H2,15,17,18);1H. The predicted octanol–water partition coefficient (Wildman–Crippen LogP) is 2.56. The van der Waals surface area contributed by atoms with Crippen LogP contribution in [-0.4, -0.2) is 30.1 Å². The summed E-state index contributed by atoms with van der Waals surface area (Å²) in [6.45, 7) is 9.79. The second kappa shape index (κ2) is 8.99. The zero-order chi connectivity index (χ0) is 14.3. The Morgan fingerprint density at radius 2 is 2.10 bits per heavy atom. The van der Waals surface area contributed by atoms with Crippen LogP contribution in [0.25, 0.3) is 0 Å². The van der Waals surface area contributed by atoms with Gasteiger partial charge in [0.2, 0.25) is 5.88 Å². The minimum Gasteiger partial charge on any atom is -0.481 e. The Kier molecular flexibility index (Phi) is 8.52. The summed E-state index contributed by atoms with van der Waals surface area (Å²) in [6.07, 6.45) is 1.73. The van der Waals surface area contributed by atoms with Crippen molar-refractivity contribution in [1.82, 2.24) is 15.6 Å². The first-order valence-corrected chi connectivity index (χ1v) is 6.50. The molecule has 20 heavy (non-hydrogen) atoms. The Morgan fingerprint density at radius 1 is 1.40 bits per heavy atom. The van der Waals surface area contributed by atoms with Crippen molar-refractivity contribution < 1.29 is 4.74 Å². The van der Waals surface area contributed by atoms with Gasteiger partial charge >= 0.3 is 0 Å². The Morgan fingerprint density at radius 3 is 2.65 bits per heavy atom. The topological polar surface area (TPSA) is 58.5 Å². The number of nitrogens with zero attached hydrogens (tertiary/aromatic N) is 2. The predicted molar refractivity (Wildman–Crippen MR) is 93.9 cm³/mol. The summed E-state index contributed by atoms with van der Waals surface area (Å²) in [6, 6.07) is 3.83. The molecule has 114 valence electrons. The molecule has 0 bridgehead atoms. The maximum absolute atomic E-state index is 5.10. The monoisotopic (exact) mass is 392 g/mol. The molecule has 0 fully saturated rings. The van der Waals surface area contributed by atoms with Crippen LogP contribution in [-0.2, 0) is 6.54 Å². The van der Waals surface area contributed by atoms with Gasteiger partial charge in [-0.1, -0.05) is 0 Å². The summed E-state index contributed by atoms with van der Waals surface area (Å²) in [5.41, 5.74) is 1.05. The Labute approximate surface area is 138 Å². The molecule has 0 aliphatic carbocycles. The fourth-order valence-electron chi connectivity index (χ4n) is 1.49. The minimum absolute atomic E-state index is 0. The number of nitrogens with one attached hydrogen (secondary N) is 2.